The van der Waals surface area contributed by atoms with Crippen molar-refractivity contribution in [3.8, 4) is 11.8 Å². The van der Waals surface area contributed by atoms with Crippen LogP contribution < -0.4 is 10.1 Å². The first kappa shape index (κ1) is 15.5. The van der Waals surface area contributed by atoms with Gasteiger partial charge in [-0.25, -0.2) is 0 Å². The fourth-order valence-corrected chi connectivity index (χ4v) is 1.72. The van der Waals surface area contributed by atoms with E-state index in [-0.39, 0.29) is 0 Å². The van der Waals surface area contributed by atoms with Crippen molar-refractivity contribution in [2.24, 2.45) is 0 Å². The molecule has 4 nitrogen and oxygen atoms in total. The molecule has 0 saturated heterocycles. The molecule has 0 spiro atoms. The molecule has 0 atom stereocenters. The standard InChI is InChI=1S/C15H22N2O2/c1-3-8-19-9-4-7-17-12-13-5-6-14(11-16)15(10-13)18-2/h5-6,10,17H,3-4,7-9,12H2,1-2H3. The fraction of sp³-hybridized carbons (Fsp3) is 0.533. The van der Waals surface area contributed by atoms with Crippen molar-refractivity contribution in [2.75, 3.05) is 26.9 Å². The SMILES string of the molecule is CCCOCCCNCc1ccc(C#N)c(OC)c1. The maximum Gasteiger partial charge on any atom is 0.136 e. The van der Waals surface area contributed by atoms with Crippen LogP contribution in [0, 0.1) is 11.3 Å². The van der Waals surface area contributed by atoms with Crippen molar-refractivity contribution in [3.05, 3.63) is 29.3 Å². The summed E-state index contributed by atoms with van der Waals surface area (Å²) >= 11 is 0. The highest BCUT2D eigenvalue weighted by Gasteiger charge is 2.03. The molecule has 0 radical (unpaired) electrons. The van der Waals surface area contributed by atoms with Crippen LogP contribution in [-0.4, -0.2) is 26.9 Å². The van der Waals surface area contributed by atoms with Gasteiger partial charge in [0.05, 0.1) is 12.7 Å². The number of methoxy groups -OCH3 is 1. The number of hydrogen-bond donors (Lipinski definition) is 1. The first-order valence-corrected chi connectivity index (χ1v) is 6.67. The summed E-state index contributed by atoms with van der Waals surface area (Å²) < 4.78 is 10.6. The van der Waals surface area contributed by atoms with Gasteiger partial charge in [0.25, 0.3) is 0 Å². The monoisotopic (exact) mass is 262 g/mol. The van der Waals surface area contributed by atoms with Crippen LogP contribution in [0.3, 0.4) is 0 Å². The Morgan fingerprint density at radius 3 is 2.84 bits per heavy atom. The number of hydrogen-bond acceptors (Lipinski definition) is 4. The number of ether oxygens (including phenoxy) is 2. The Bertz CT molecular complexity index is 413. The zero-order chi connectivity index (χ0) is 13.9. The molecule has 0 bridgehead atoms. The molecule has 1 N–H and O–H groups in total. The quantitative estimate of drug-likeness (QED) is 0.695. The van der Waals surface area contributed by atoms with E-state index in [0.717, 1.165) is 44.7 Å². The third-order valence-corrected chi connectivity index (χ3v) is 2.71. The lowest BCUT2D eigenvalue weighted by molar-refractivity contribution is 0.132. The predicted molar refractivity (Wildman–Crippen MR) is 75.1 cm³/mol. The van der Waals surface area contributed by atoms with Gasteiger partial charge in [-0.2, -0.15) is 5.26 Å². The minimum absolute atomic E-state index is 0.569. The van der Waals surface area contributed by atoms with Gasteiger partial charge >= 0.3 is 0 Å². The Morgan fingerprint density at radius 2 is 2.16 bits per heavy atom. The second-order valence-electron chi connectivity index (χ2n) is 4.29. The summed E-state index contributed by atoms with van der Waals surface area (Å²) in [6.07, 6.45) is 2.08. The van der Waals surface area contributed by atoms with E-state index in [1.807, 2.05) is 12.1 Å². The molecule has 4 heteroatoms. The number of nitrogens with zero attached hydrogens (tertiary/aromatic N) is 1. The van der Waals surface area contributed by atoms with Crippen LogP contribution in [0.25, 0.3) is 0 Å². The fourth-order valence-electron chi connectivity index (χ4n) is 1.72. The van der Waals surface area contributed by atoms with E-state index >= 15 is 0 Å². The molecular weight excluding hydrogens is 240 g/mol. The highest BCUT2D eigenvalue weighted by molar-refractivity contribution is 5.45. The number of nitriles is 1. The van der Waals surface area contributed by atoms with Gasteiger partial charge < -0.3 is 14.8 Å². The summed E-state index contributed by atoms with van der Waals surface area (Å²) in [5, 5.41) is 12.2. The van der Waals surface area contributed by atoms with Crippen molar-refractivity contribution in [2.45, 2.75) is 26.3 Å². The van der Waals surface area contributed by atoms with Crippen LogP contribution in [0.2, 0.25) is 0 Å². The Kier molecular flexibility index (Phi) is 7.64. The van der Waals surface area contributed by atoms with E-state index in [9.17, 15) is 0 Å². The van der Waals surface area contributed by atoms with E-state index in [4.69, 9.17) is 14.7 Å². The molecule has 0 aliphatic heterocycles. The average molecular weight is 262 g/mol. The molecule has 1 aromatic carbocycles. The van der Waals surface area contributed by atoms with Crippen molar-refractivity contribution >= 4 is 0 Å². The molecule has 0 heterocycles. The highest BCUT2D eigenvalue weighted by atomic mass is 16.5. The van der Waals surface area contributed by atoms with Gasteiger partial charge in [-0.15, -0.1) is 0 Å². The molecule has 0 fully saturated rings. The second-order valence-corrected chi connectivity index (χ2v) is 4.29. The summed E-state index contributed by atoms with van der Waals surface area (Å²) in [5.41, 5.74) is 1.68. The minimum Gasteiger partial charge on any atom is -0.495 e. The molecule has 1 rings (SSSR count). The van der Waals surface area contributed by atoms with Gasteiger partial charge in [-0.3, -0.25) is 0 Å². The summed E-state index contributed by atoms with van der Waals surface area (Å²) in [6.45, 7) is 5.45. The maximum atomic E-state index is 8.90. The van der Waals surface area contributed by atoms with Crippen LogP contribution in [0.15, 0.2) is 18.2 Å². The Hall–Kier alpha value is -1.57. The molecular formula is C15H22N2O2. The number of rotatable bonds is 9. The summed E-state index contributed by atoms with van der Waals surface area (Å²) in [7, 11) is 1.58. The van der Waals surface area contributed by atoms with Crippen molar-refractivity contribution in [1.82, 2.24) is 5.32 Å². The Balaban J connectivity index is 2.28. The molecule has 0 unspecified atom stereocenters. The summed E-state index contributed by atoms with van der Waals surface area (Å²) in [4.78, 5) is 0. The van der Waals surface area contributed by atoms with Crippen LogP contribution in [0.1, 0.15) is 30.9 Å². The van der Waals surface area contributed by atoms with Gasteiger partial charge in [0.2, 0.25) is 0 Å². The molecule has 104 valence electrons. The molecule has 0 aliphatic carbocycles. The first-order chi connectivity index (χ1) is 9.31. The minimum atomic E-state index is 0.569. The van der Waals surface area contributed by atoms with Crippen LogP contribution in [-0.2, 0) is 11.3 Å². The van der Waals surface area contributed by atoms with Crippen LogP contribution in [0.5, 0.6) is 5.75 Å². The molecule has 0 aromatic heterocycles. The zero-order valence-electron chi connectivity index (χ0n) is 11.7. The normalized spacial score (nSPS) is 10.2. The van der Waals surface area contributed by atoms with Crippen LogP contribution >= 0.6 is 0 Å². The number of nitrogens with one attached hydrogen (secondary N) is 1. The van der Waals surface area contributed by atoms with Crippen molar-refractivity contribution in [1.29, 1.82) is 5.26 Å². The Labute approximate surface area is 115 Å². The lowest BCUT2D eigenvalue weighted by Gasteiger charge is -2.08. The maximum absolute atomic E-state index is 8.90. The second kappa shape index (κ2) is 9.37. The third kappa shape index (κ3) is 5.73. The van der Waals surface area contributed by atoms with Gasteiger partial charge in [-0.1, -0.05) is 13.0 Å². The van der Waals surface area contributed by atoms with E-state index in [2.05, 4.69) is 18.3 Å². The molecule has 0 amide bonds. The topological polar surface area (TPSA) is 54.3 Å². The first-order valence-electron chi connectivity index (χ1n) is 6.67. The summed E-state index contributed by atoms with van der Waals surface area (Å²) in [6, 6.07) is 7.75. The Morgan fingerprint density at radius 1 is 1.32 bits per heavy atom. The van der Waals surface area contributed by atoms with Gasteiger partial charge in [-0.05, 0) is 37.1 Å². The van der Waals surface area contributed by atoms with Crippen LogP contribution in [0.4, 0.5) is 0 Å². The number of benzene rings is 1. The largest absolute Gasteiger partial charge is 0.495 e. The molecule has 19 heavy (non-hydrogen) atoms. The molecule has 0 saturated carbocycles. The highest BCUT2D eigenvalue weighted by Crippen LogP contribution is 2.18. The van der Waals surface area contributed by atoms with Crippen molar-refractivity contribution < 1.29 is 9.47 Å². The lowest BCUT2D eigenvalue weighted by Crippen LogP contribution is -2.16. The van der Waals surface area contributed by atoms with E-state index in [0.29, 0.717) is 11.3 Å². The zero-order valence-corrected chi connectivity index (χ0v) is 11.7. The van der Waals surface area contributed by atoms with E-state index in [1.54, 1.807) is 13.2 Å². The van der Waals surface area contributed by atoms with E-state index in [1.165, 1.54) is 0 Å². The predicted octanol–water partition coefficient (Wildman–Crippen LogP) is 2.47. The molecule has 1 aromatic rings. The third-order valence-electron chi connectivity index (χ3n) is 2.71. The van der Waals surface area contributed by atoms with E-state index < -0.39 is 0 Å². The van der Waals surface area contributed by atoms with Gasteiger partial charge in [0.1, 0.15) is 11.8 Å². The lowest BCUT2D eigenvalue weighted by atomic mass is 10.1. The summed E-state index contributed by atoms with van der Waals surface area (Å²) in [5.74, 6) is 0.632. The van der Waals surface area contributed by atoms with Crippen molar-refractivity contribution in [3.63, 3.8) is 0 Å². The molecule has 0 aliphatic rings. The smallest absolute Gasteiger partial charge is 0.136 e. The average Bonchev–Trinajstić information content (AvgIpc) is 2.46. The van der Waals surface area contributed by atoms with Gasteiger partial charge in [0, 0.05) is 19.8 Å². The van der Waals surface area contributed by atoms with Gasteiger partial charge in [0.15, 0.2) is 0 Å².